The van der Waals surface area contributed by atoms with Gasteiger partial charge in [0.1, 0.15) is 0 Å². The van der Waals surface area contributed by atoms with Crippen molar-refractivity contribution in [3.8, 4) is 0 Å². The van der Waals surface area contributed by atoms with Crippen LogP contribution in [0.15, 0.2) is 24.5 Å². The smallest absolute Gasteiger partial charge is 0.224 e. The molecule has 0 aliphatic carbocycles. The van der Waals surface area contributed by atoms with Crippen LogP contribution < -0.4 is 11.1 Å². The minimum atomic E-state index is -0.179. The van der Waals surface area contributed by atoms with Crippen molar-refractivity contribution in [2.45, 2.75) is 19.4 Å². The Balaban J connectivity index is 1.87. The first-order valence-corrected chi connectivity index (χ1v) is 7.31. The molecule has 0 aliphatic rings. The molecule has 0 aliphatic heterocycles. The number of nitrogens with zero attached hydrogens (tertiary/aromatic N) is 2. The highest BCUT2D eigenvalue weighted by atomic mass is 35.5. The molecule has 2 aromatic rings. The van der Waals surface area contributed by atoms with Crippen molar-refractivity contribution in [3.05, 3.63) is 39.6 Å². The Labute approximate surface area is 137 Å². The molecular formula is C13H13Cl3N4O. The van der Waals surface area contributed by atoms with E-state index in [4.69, 9.17) is 40.5 Å². The quantitative estimate of drug-likeness (QED) is 0.807. The molecule has 0 atom stereocenters. The van der Waals surface area contributed by atoms with Gasteiger partial charge >= 0.3 is 0 Å². The Hall–Kier alpha value is -1.43. The molecule has 1 aromatic heterocycles. The van der Waals surface area contributed by atoms with Crippen molar-refractivity contribution in [2.24, 2.45) is 0 Å². The third-order valence-electron chi connectivity index (χ3n) is 2.72. The Morgan fingerprint density at radius 2 is 1.95 bits per heavy atom. The maximum Gasteiger partial charge on any atom is 0.224 e. The number of hydrogen-bond donors (Lipinski definition) is 2. The number of aromatic nitrogens is 2. The summed E-state index contributed by atoms with van der Waals surface area (Å²) in [4.78, 5) is 11.9. The van der Waals surface area contributed by atoms with Gasteiger partial charge in [0.25, 0.3) is 0 Å². The van der Waals surface area contributed by atoms with Crippen molar-refractivity contribution in [2.75, 3.05) is 11.1 Å². The van der Waals surface area contributed by atoms with Crippen LogP contribution in [0.5, 0.6) is 0 Å². The zero-order valence-electron chi connectivity index (χ0n) is 10.9. The number of nitrogens with one attached hydrogen (secondary N) is 1. The lowest BCUT2D eigenvalue weighted by Gasteiger charge is -2.10. The summed E-state index contributed by atoms with van der Waals surface area (Å²) in [5, 5.41) is 7.91. The number of nitrogens with two attached hydrogens (primary N) is 1. The number of halogens is 3. The molecule has 0 unspecified atom stereocenters. The summed E-state index contributed by atoms with van der Waals surface area (Å²) in [5.74, 6) is -0.179. The fraction of sp³-hybridized carbons (Fsp3) is 0.231. The van der Waals surface area contributed by atoms with Crippen LogP contribution in [-0.2, 0) is 11.3 Å². The van der Waals surface area contributed by atoms with Crippen LogP contribution in [0.1, 0.15) is 12.8 Å². The van der Waals surface area contributed by atoms with E-state index in [0.29, 0.717) is 45.8 Å². The number of carbonyl (C=O) groups excluding carboxylic acids is 1. The van der Waals surface area contributed by atoms with E-state index in [9.17, 15) is 4.79 Å². The lowest BCUT2D eigenvalue weighted by Crippen LogP contribution is -2.13. The molecule has 0 spiro atoms. The fourth-order valence-corrected chi connectivity index (χ4v) is 2.53. The number of aryl methyl sites for hydroxylation is 1. The number of anilines is 2. The molecule has 2 rings (SSSR count). The van der Waals surface area contributed by atoms with Crippen LogP contribution in [0, 0.1) is 0 Å². The summed E-state index contributed by atoms with van der Waals surface area (Å²) in [6, 6.07) is 3.07. The zero-order valence-corrected chi connectivity index (χ0v) is 13.2. The first-order chi connectivity index (χ1) is 9.95. The van der Waals surface area contributed by atoms with Crippen molar-refractivity contribution < 1.29 is 4.79 Å². The molecule has 1 heterocycles. The first-order valence-electron chi connectivity index (χ1n) is 6.18. The van der Waals surface area contributed by atoms with Gasteiger partial charge in [0.2, 0.25) is 5.91 Å². The largest absolute Gasteiger partial charge is 0.399 e. The van der Waals surface area contributed by atoms with Gasteiger partial charge in [-0.25, -0.2) is 0 Å². The van der Waals surface area contributed by atoms with Crippen LogP contribution in [-0.4, -0.2) is 15.7 Å². The molecule has 0 saturated heterocycles. The van der Waals surface area contributed by atoms with Gasteiger partial charge < -0.3 is 11.1 Å². The second-order valence-corrected chi connectivity index (χ2v) is 5.68. The molecule has 1 aromatic carbocycles. The number of benzene rings is 1. The van der Waals surface area contributed by atoms with E-state index in [-0.39, 0.29) is 5.91 Å². The number of amides is 1. The van der Waals surface area contributed by atoms with Crippen LogP contribution in [0.3, 0.4) is 0 Å². The minimum Gasteiger partial charge on any atom is -0.399 e. The Kier molecular flexibility index (Phi) is 5.33. The molecule has 0 bridgehead atoms. The van der Waals surface area contributed by atoms with E-state index >= 15 is 0 Å². The molecule has 0 saturated carbocycles. The lowest BCUT2D eigenvalue weighted by molar-refractivity contribution is -0.116. The van der Waals surface area contributed by atoms with E-state index in [1.807, 2.05) is 0 Å². The summed E-state index contributed by atoms with van der Waals surface area (Å²) < 4.78 is 1.68. The maximum absolute atomic E-state index is 11.9. The summed E-state index contributed by atoms with van der Waals surface area (Å²) in [6.45, 7) is 0.601. The van der Waals surface area contributed by atoms with Crippen LogP contribution in [0.25, 0.3) is 0 Å². The van der Waals surface area contributed by atoms with Crippen molar-refractivity contribution >= 4 is 52.1 Å². The summed E-state index contributed by atoms with van der Waals surface area (Å²) in [5.41, 5.74) is 6.42. The van der Waals surface area contributed by atoms with Crippen molar-refractivity contribution in [1.29, 1.82) is 0 Å². The van der Waals surface area contributed by atoms with E-state index in [2.05, 4.69) is 10.4 Å². The van der Waals surface area contributed by atoms with Gasteiger partial charge in [-0.15, -0.1) is 0 Å². The summed E-state index contributed by atoms with van der Waals surface area (Å²) in [6.07, 6.45) is 4.19. The summed E-state index contributed by atoms with van der Waals surface area (Å²) >= 11 is 17.8. The molecule has 1 amide bonds. The van der Waals surface area contributed by atoms with Gasteiger partial charge in [-0.2, -0.15) is 5.10 Å². The standard InChI is InChI=1S/C13H13Cl3N4O/c14-8-6-18-20(7-8)3-1-2-12(21)19-13-10(15)4-9(17)5-11(13)16/h4-7H,1-3,17H2,(H,19,21). The third-order valence-corrected chi connectivity index (χ3v) is 3.51. The van der Waals surface area contributed by atoms with Gasteiger partial charge in [0.15, 0.2) is 0 Å². The zero-order chi connectivity index (χ0) is 15.4. The molecule has 3 N–H and O–H groups in total. The van der Waals surface area contributed by atoms with E-state index in [0.717, 1.165) is 0 Å². The molecule has 5 nitrogen and oxygen atoms in total. The lowest BCUT2D eigenvalue weighted by atomic mass is 10.2. The van der Waals surface area contributed by atoms with Crippen LogP contribution >= 0.6 is 34.8 Å². The normalized spacial score (nSPS) is 10.6. The monoisotopic (exact) mass is 346 g/mol. The van der Waals surface area contributed by atoms with E-state index < -0.39 is 0 Å². The third kappa shape index (κ3) is 4.52. The minimum absolute atomic E-state index is 0.179. The van der Waals surface area contributed by atoms with Gasteiger partial charge in [-0.1, -0.05) is 34.8 Å². The van der Waals surface area contributed by atoms with Crippen molar-refractivity contribution in [3.63, 3.8) is 0 Å². The second-order valence-electron chi connectivity index (χ2n) is 4.43. The molecule has 8 heteroatoms. The highest BCUT2D eigenvalue weighted by Crippen LogP contribution is 2.32. The predicted octanol–water partition coefficient (Wildman–Crippen LogP) is 3.84. The van der Waals surface area contributed by atoms with Gasteiger partial charge in [0, 0.05) is 24.8 Å². The Morgan fingerprint density at radius 1 is 1.29 bits per heavy atom. The molecule has 0 fully saturated rings. The SMILES string of the molecule is Nc1cc(Cl)c(NC(=O)CCCn2cc(Cl)cn2)c(Cl)c1. The highest BCUT2D eigenvalue weighted by Gasteiger charge is 2.11. The predicted molar refractivity (Wildman–Crippen MR) is 86.0 cm³/mol. The Bertz CT molecular complexity index is 634. The number of hydrogen-bond acceptors (Lipinski definition) is 3. The molecular weight excluding hydrogens is 335 g/mol. The van der Waals surface area contributed by atoms with Gasteiger partial charge in [0.05, 0.1) is 27.0 Å². The number of carbonyl (C=O) groups is 1. The topological polar surface area (TPSA) is 72.9 Å². The number of nitrogen functional groups attached to an aromatic ring is 1. The van der Waals surface area contributed by atoms with E-state index in [1.54, 1.807) is 17.1 Å². The second kappa shape index (κ2) is 7.02. The van der Waals surface area contributed by atoms with Crippen LogP contribution in [0.4, 0.5) is 11.4 Å². The average Bonchev–Trinajstić information content (AvgIpc) is 2.79. The molecule has 112 valence electrons. The molecule has 0 radical (unpaired) electrons. The van der Waals surface area contributed by atoms with Gasteiger partial charge in [-0.05, 0) is 18.6 Å². The first kappa shape index (κ1) is 15.9. The van der Waals surface area contributed by atoms with Gasteiger partial charge in [-0.3, -0.25) is 9.48 Å². The van der Waals surface area contributed by atoms with E-state index in [1.165, 1.54) is 12.1 Å². The Morgan fingerprint density at radius 3 is 2.52 bits per heavy atom. The highest BCUT2D eigenvalue weighted by molar-refractivity contribution is 6.40. The van der Waals surface area contributed by atoms with Crippen LogP contribution in [0.2, 0.25) is 15.1 Å². The average molecular weight is 348 g/mol. The fourth-order valence-electron chi connectivity index (χ4n) is 1.78. The number of rotatable bonds is 5. The molecule has 21 heavy (non-hydrogen) atoms. The summed E-state index contributed by atoms with van der Waals surface area (Å²) in [7, 11) is 0. The van der Waals surface area contributed by atoms with Crippen molar-refractivity contribution in [1.82, 2.24) is 9.78 Å². The maximum atomic E-state index is 11.9.